The third-order valence-electron chi connectivity index (χ3n) is 2.42. The molecule has 0 saturated heterocycles. The zero-order chi connectivity index (χ0) is 9.84. The predicted octanol–water partition coefficient (Wildman–Crippen LogP) is 2.37. The summed E-state index contributed by atoms with van der Waals surface area (Å²) >= 11 is 1.57. The van der Waals surface area contributed by atoms with Crippen LogP contribution in [0.2, 0.25) is 0 Å². The maximum atomic E-state index is 11.5. The fraction of sp³-hybridized carbons (Fsp3) is 0.700. The molecule has 1 rings (SSSR count). The van der Waals surface area contributed by atoms with E-state index in [1.165, 1.54) is 12.8 Å². The fourth-order valence-corrected chi connectivity index (χ4v) is 1.70. The molecule has 0 heterocycles. The average Bonchev–Trinajstić information content (AvgIpc) is 2.95. The Morgan fingerprint density at radius 1 is 1.62 bits per heavy atom. The van der Waals surface area contributed by atoms with Crippen molar-refractivity contribution in [3.8, 4) is 0 Å². The van der Waals surface area contributed by atoms with Crippen LogP contribution in [0.3, 0.4) is 0 Å². The molecule has 0 aromatic rings. The number of carbonyl (C=O) groups is 1. The van der Waals surface area contributed by atoms with Crippen LogP contribution in [-0.4, -0.2) is 11.2 Å². The van der Waals surface area contributed by atoms with Crippen LogP contribution in [0.4, 0.5) is 0 Å². The van der Waals surface area contributed by atoms with Gasteiger partial charge in [0.15, 0.2) is 0 Å². The number of carbonyl (C=O) groups excluding carboxylic acids is 1. The Labute approximate surface area is 84.3 Å². The van der Waals surface area contributed by atoms with Crippen molar-refractivity contribution in [2.45, 2.75) is 31.9 Å². The summed E-state index contributed by atoms with van der Waals surface area (Å²) in [5.41, 5.74) is 0. The first-order chi connectivity index (χ1) is 6.15. The summed E-state index contributed by atoms with van der Waals surface area (Å²) in [4.78, 5) is 11.5. The van der Waals surface area contributed by atoms with E-state index in [0.29, 0.717) is 5.25 Å². The summed E-state index contributed by atoms with van der Waals surface area (Å²) in [7, 11) is 0. The van der Waals surface area contributed by atoms with Crippen molar-refractivity contribution in [3.05, 3.63) is 12.7 Å². The summed E-state index contributed by atoms with van der Waals surface area (Å²) < 4.78 is 2.89. The highest BCUT2D eigenvalue weighted by Gasteiger charge is 2.25. The minimum atomic E-state index is 0.0312. The maximum absolute atomic E-state index is 11.5. The number of nitrogens with one attached hydrogen (secondary N) is 1. The number of allylic oxidation sites excluding steroid dienone is 1. The van der Waals surface area contributed by atoms with Gasteiger partial charge in [0.1, 0.15) is 0 Å². The molecule has 1 aliphatic rings. The van der Waals surface area contributed by atoms with E-state index in [0.717, 1.165) is 0 Å². The second-order valence-electron chi connectivity index (χ2n) is 3.67. The Bertz CT molecular complexity index is 201. The predicted molar refractivity (Wildman–Crippen MR) is 57.3 cm³/mol. The van der Waals surface area contributed by atoms with Crippen molar-refractivity contribution in [1.82, 2.24) is 4.72 Å². The van der Waals surface area contributed by atoms with Gasteiger partial charge in [0.05, 0.1) is 0 Å². The number of rotatable bonds is 5. The number of amides is 1. The van der Waals surface area contributed by atoms with E-state index in [1.54, 1.807) is 11.9 Å². The Kier molecular flexibility index (Phi) is 3.85. The highest BCUT2D eigenvalue weighted by atomic mass is 32.2. The third kappa shape index (κ3) is 3.43. The van der Waals surface area contributed by atoms with E-state index >= 15 is 0 Å². The molecule has 0 spiro atoms. The molecule has 13 heavy (non-hydrogen) atoms. The van der Waals surface area contributed by atoms with Gasteiger partial charge >= 0.3 is 0 Å². The topological polar surface area (TPSA) is 29.1 Å². The van der Waals surface area contributed by atoms with Crippen molar-refractivity contribution in [2.75, 3.05) is 0 Å². The van der Waals surface area contributed by atoms with Crippen LogP contribution in [0, 0.1) is 11.8 Å². The molecule has 2 atom stereocenters. The van der Waals surface area contributed by atoms with Crippen molar-refractivity contribution in [2.24, 2.45) is 11.8 Å². The summed E-state index contributed by atoms with van der Waals surface area (Å²) in [6, 6.07) is 0. The first-order valence-corrected chi connectivity index (χ1v) is 5.61. The second kappa shape index (κ2) is 4.70. The highest BCUT2D eigenvalue weighted by molar-refractivity contribution is 7.98. The normalized spacial score (nSPS) is 20.5. The highest BCUT2D eigenvalue weighted by Crippen LogP contribution is 2.32. The number of hydrogen-bond acceptors (Lipinski definition) is 2. The molecule has 1 N–H and O–H groups in total. The van der Waals surface area contributed by atoms with Gasteiger partial charge in [0.2, 0.25) is 5.91 Å². The van der Waals surface area contributed by atoms with E-state index in [2.05, 4.69) is 11.3 Å². The third-order valence-corrected chi connectivity index (χ3v) is 3.55. The van der Waals surface area contributed by atoms with Gasteiger partial charge in [-0.05, 0) is 30.7 Å². The minimum absolute atomic E-state index is 0.0312. The lowest BCUT2D eigenvalue weighted by Crippen LogP contribution is -2.27. The van der Waals surface area contributed by atoms with Crippen molar-refractivity contribution in [3.63, 3.8) is 0 Å². The standard InChI is InChI=1S/C10H17NOS/c1-4-7(2)8(3)10(12)11-13-9-5-6-9/h4,7-9H,1,5-6H2,2-3H3,(H,11,12). The molecule has 0 bridgehead atoms. The lowest BCUT2D eigenvalue weighted by molar-refractivity contribution is -0.123. The Morgan fingerprint density at radius 2 is 2.23 bits per heavy atom. The van der Waals surface area contributed by atoms with Gasteiger partial charge in [-0.1, -0.05) is 19.9 Å². The van der Waals surface area contributed by atoms with Gasteiger partial charge in [-0.2, -0.15) is 0 Å². The van der Waals surface area contributed by atoms with E-state index in [4.69, 9.17) is 0 Å². The minimum Gasteiger partial charge on any atom is -0.300 e. The Hall–Kier alpha value is -0.440. The first kappa shape index (κ1) is 10.6. The van der Waals surface area contributed by atoms with Crippen LogP contribution in [0.15, 0.2) is 12.7 Å². The molecule has 2 nitrogen and oxygen atoms in total. The zero-order valence-corrected chi connectivity index (χ0v) is 9.06. The number of hydrogen-bond donors (Lipinski definition) is 1. The molecule has 1 saturated carbocycles. The molecule has 0 aromatic carbocycles. The molecular formula is C10H17NOS. The van der Waals surface area contributed by atoms with E-state index in [9.17, 15) is 4.79 Å². The molecule has 1 aliphatic carbocycles. The average molecular weight is 199 g/mol. The lowest BCUT2D eigenvalue weighted by Gasteiger charge is -2.15. The maximum Gasteiger partial charge on any atom is 0.233 e. The van der Waals surface area contributed by atoms with Crippen LogP contribution in [0.1, 0.15) is 26.7 Å². The van der Waals surface area contributed by atoms with Crippen LogP contribution in [0.5, 0.6) is 0 Å². The van der Waals surface area contributed by atoms with Crippen molar-refractivity contribution in [1.29, 1.82) is 0 Å². The summed E-state index contributed by atoms with van der Waals surface area (Å²) in [6.45, 7) is 7.64. The SMILES string of the molecule is C=CC(C)C(C)C(=O)NSC1CC1. The van der Waals surface area contributed by atoms with Crippen molar-refractivity contribution >= 4 is 17.9 Å². The van der Waals surface area contributed by atoms with Gasteiger partial charge in [-0.25, -0.2) is 0 Å². The van der Waals surface area contributed by atoms with E-state index in [-0.39, 0.29) is 17.7 Å². The largest absolute Gasteiger partial charge is 0.300 e. The van der Waals surface area contributed by atoms with Gasteiger partial charge in [-0.15, -0.1) is 6.58 Å². The van der Waals surface area contributed by atoms with Gasteiger partial charge in [-0.3, -0.25) is 9.52 Å². The van der Waals surface area contributed by atoms with Gasteiger partial charge in [0, 0.05) is 11.2 Å². The second-order valence-corrected chi connectivity index (χ2v) is 4.77. The summed E-state index contributed by atoms with van der Waals surface area (Å²) in [5, 5.41) is 0.676. The molecule has 74 valence electrons. The van der Waals surface area contributed by atoms with Crippen LogP contribution in [0.25, 0.3) is 0 Å². The van der Waals surface area contributed by atoms with Crippen LogP contribution in [-0.2, 0) is 4.79 Å². The van der Waals surface area contributed by atoms with Gasteiger partial charge in [0.25, 0.3) is 0 Å². The van der Waals surface area contributed by atoms with E-state index < -0.39 is 0 Å². The first-order valence-electron chi connectivity index (χ1n) is 4.73. The molecule has 0 aliphatic heterocycles. The smallest absolute Gasteiger partial charge is 0.233 e. The van der Waals surface area contributed by atoms with Crippen molar-refractivity contribution < 1.29 is 4.79 Å². The molecule has 2 unspecified atom stereocenters. The molecule has 1 fully saturated rings. The summed E-state index contributed by atoms with van der Waals surface area (Å²) in [5.74, 6) is 0.410. The molecule has 1 amide bonds. The van der Waals surface area contributed by atoms with Gasteiger partial charge < -0.3 is 0 Å². The van der Waals surface area contributed by atoms with Crippen LogP contribution < -0.4 is 4.72 Å². The molecular weight excluding hydrogens is 182 g/mol. The lowest BCUT2D eigenvalue weighted by atomic mass is 9.96. The van der Waals surface area contributed by atoms with Crippen LogP contribution >= 0.6 is 11.9 Å². The molecule has 3 heteroatoms. The summed E-state index contributed by atoms with van der Waals surface area (Å²) in [6.07, 6.45) is 4.32. The molecule has 0 radical (unpaired) electrons. The Balaban J connectivity index is 2.23. The molecule has 0 aromatic heterocycles. The monoisotopic (exact) mass is 199 g/mol. The fourth-order valence-electron chi connectivity index (χ4n) is 0.863. The van der Waals surface area contributed by atoms with E-state index in [1.807, 2.05) is 19.9 Å². The quantitative estimate of drug-likeness (QED) is 0.544. The zero-order valence-electron chi connectivity index (χ0n) is 8.25. The Morgan fingerprint density at radius 3 is 2.69 bits per heavy atom.